The molecule has 2 saturated carbocycles. The second-order valence-corrected chi connectivity index (χ2v) is 11.9. The SMILES string of the molecule is CC(C(=O)Nc1ccc(B2OC(C)(C)C(C)(C)O2)cc1)C1[C@H]2CC(n3cnc4cc(F)c(F)cc43)C[C@@H]12. The highest BCUT2D eigenvalue weighted by Crippen LogP contribution is 2.64. The van der Waals surface area contributed by atoms with Gasteiger partial charge in [-0.3, -0.25) is 4.79 Å². The van der Waals surface area contributed by atoms with Gasteiger partial charge in [0.15, 0.2) is 11.6 Å². The fourth-order valence-electron chi connectivity index (χ4n) is 6.28. The van der Waals surface area contributed by atoms with E-state index in [9.17, 15) is 13.6 Å². The Morgan fingerprint density at radius 1 is 1.05 bits per heavy atom. The topological polar surface area (TPSA) is 65.4 Å². The van der Waals surface area contributed by atoms with Crippen molar-refractivity contribution < 1.29 is 22.9 Å². The fraction of sp³-hybridized carbons (Fsp3) is 0.500. The van der Waals surface area contributed by atoms with E-state index in [2.05, 4.69) is 10.3 Å². The van der Waals surface area contributed by atoms with Crippen LogP contribution in [0.25, 0.3) is 11.0 Å². The van der Waals surface area contributed by atoms with Crippen LogP contribution < -0.4 is 10.8 Å². The van der Waals surface area contributed by atoms with E-state index in [1.165, 1.54) is 6.07 Å². The summed E-state index contributed by atoms with van der Waals surface area (Å²) in [5, 5.41) is 3.06. The molecule has 1 saturated heterocycles. The molecule has 1 aromatic heterocycles. The Hall–Kier alpha value is -2.78. The number of carbonyl (C=O) groups is 1. The van der Waals surface area contributed by atoms with E-state index in [0.717, 1.165) is 30.1 Å². The monoisotopic (exact) mass is 507 g/mol. The maximum absolute atomic E-state index is 13.8. The number of carbonyl (C=O) groups excluding carboxylic acids is 1. The van der Waals surface area contributed by atoms with Crippen molar-refractivity contribution in [2.75, 3.05) is 5.32 Å². The number of halogens is 2. The van der Waals surface area contributed by atoms with Crippen molar-refractivity contribution in [3.8, 4) is 0 Å². The molecule has 2 aromatic carbocycles. The lowest BCUT2D eigenvalue weighted by molar-refractivity contribution is -0.120. The lowest BCUT2D eigenvalue weighted by Gasteiger charge is -2.32. The van der Waals surface area contributed by atoms with Crippen LogP contribution >= 0.6 is 0 Å². The fourth-order valence-corrected chi connectivity index (χ4v) is 6.28. The highest BCUT2D eigenvalue weighted by atomic mass is 19.2. The van der Waals surface area contributed by atoms with Crippen LogP contribution in [0.1, 0.15) is 53.5 Å². The molecule has 0 radical (unpaired) electrons. The number of anilines is 1. The Kier molecular flexibility index (Phi) is 5.55. The summed E-state index contributed by atoms with van der Waals surface area (Å²) in [5.74, 6) is -0.572. The number of aromatic nitrogens is 2. The maximum Gasteiger partial charge on any atom is 0.494 e. The second-order valence-electron chi connectivity index (χ2n) is 11.9. The highest BCUT2D eigenvalue weighted by Gasteiger charge is 2.59. The Balaban J connectivity index is 1.06. The van der Waals surface area contributed by atoms with Crippen molar-refractivity contribution >= 4 is 35.2 Å². The van der Waals surface area contributed by atoms with Crippen LogP contribution in [0.2, 0.25) is 0 Å². The average Bonchev–Trinajstić information content (AvgIpc) is 3.11. The molecular weight excluding hydrogens is 475 g/mol. The van der Waals surface area contributed by atoms with Crippen molar-refractivity contribution in [3.63, 3.8) is 0 Å². The molecule has 6 nitrogen and oxygen atoms in total. The van der Waals surface area contributed by atoms with Crippen molar-refractivity contribution in [2.24, 2.45) is 23.7 Å². The summed E-state index contributed by atoms with van der Waals surface area (Å²) in [6.45, 7) is 10.1. The maximum atomic E-state index is 13.8. The smallest absolute Gasteiger partial charge is 0.399 e. The van der Waals surface area contributed by atoms with Crippen LogP contribution in [0.5, 0.6) is 0 Å². The molecule has 3 aromatic rings. The van der Waals surface area contributed by atoms with Gasteiger partial charge in [0, 0.05) is 29.8 Å². The average molecular weight is 507 g/mol. The van der Waals surface area contributed by atoms with Crippen molar-refractivity contribution in [1.82, 2.24) is 9.55 Å². The van der Waals surface area contributed by atoms with E-state index in [-0.39, 0.29) is 17.9 Å². The lowest BCUT2D eigenvalue weighted by atomic mass is 9.79. The van der Waals surface area contributed by atoms with E-state index >= 15 is 0 Å². The Morgan fingerprint density at radius 3 is 2.27 bits per heavy atom. The first-order chi connectivity index (χ1) is 17.4. The van der Waals surface area contributed by atoms with Gasteiger partial charge in [-0.15, -0.1) is 0 Å². The van der Waals surface area contributed by atoms with Crippen molar-refractivity contribution in [3.05, 3.63) is 54.4 Å². The number of amides is 1. The minimum absolute atomic E-state index is 0.0185. The standard InChI is InChI=1S/C28H32BF2N3O3/c1-15(26(35)33-17-8-6-16(7-9-17)29-36-27(2,3)28(4,5)37-29)25-19-10-18(11-20(19)25)34-14-32-23-12-21(30)22(31)13-24(23)34/h6-9,12-15,18-20,25H,10-11H2,1-5H3,(H,33,35)/t15?,18?,19-,20+,25?. The van der Waals surface area contributed by atoms with Gasteiger partial charge < -0.3 is 19.2 Å². The van der Waals surface area contributed by atoms with E-state index in [4.69, 9.17) is 9.31 Å². The molecule has 5 atom stereocenters. The van der Waals surface area contributed by atoms with Crippen LogP contribution in [-0.4, -0.2) is 33.8 Å². The first kappa shape index (κ1) is 24.6. The van der Waals surface area contributed by atoms with Gasteiger partial charge in [-0.25, -0.2) is 13.8 Å². The Morgan fingerprint density at radius 2 is 1.65 bits per heavy atom. The number of hydrogen-bond donors (Lipinski definition) is 1. The summed E-state index contributed by atoms with van der Waals surface area (Å²) in [6.07, 6.45) is 3.51. The predicted molar refractivity (Wildman–Crippen MR) is 138 cm³/mol. The molecule has 9 heteroatoms. The summed E-state index contributed by atoms with van der Waals surface area (Å²) in [7, 11) is -0.435. The summed E-state index contributed by atoms with van der Waals surface area (Å²) < 4.78 is 41.5. The largest absolute Gasteiger partial charge is 0.494 e. The molecule has 194 valence electrons. The number of benzene rings is 2. The molecule has 0 spiro atoms. The first-order valence-corrected chi connectivity index (χ1v) is 13.0. The van der Waals surface area contributed by atoms with E-state index in [1.807, 2.05) is 63.5 Å². The molecule has 3 unspecified atom stereocenters. The summed E-state index contributed by atoms with van der Waals surface area (Å²) in [4.78, 5) is 17.3. The van der Waals surface area contributed by atoms with Crippen LogP contribution in [0, 0.1) is 35.3 Å². The predicted octanol–water partition coefficient (Wildman–Crippen LogP) is 5.09. The number of nitrogens with zero attached hydrogens (tertiary/aromatic N) is 2. The number of nitrogens with one attached hydrogen (secondary N) is 1. The van der Waals surface area contributed by atoms with E-state index < -0.39 is 30.0 Å². The number of rotatable bonds is 5. The van der Waals surface area contributed by atoms with Crippen LogP contribution in [-0.2, 0) is 14.1 Å². The molecule has 0 bridgehead atoms. The van der Waals surface area contributed by atoms with Crippen molar-refractivity contribution in [2.45, 2.75) is 64.7 Å². The zero-order valence-electron chi connectivity index (χ0n) is 21.8. The molecule has 2 aliphatic carbocycles. The third kappa shape index (κ3) is 4.07. The molecule has 6 rings (SSSR count). The highest BCUT2D eigenvalue weighted by molar-refractivity contribution is 6.62. The lowest BCUT2D eigenvalue weighted by Crippen LogP contribution is -2.41. The molecule has 2 heterocycles. The van der Waals surface area contributed by atoms with Crippen molar-refractivity contribution in [1.29, 1.82) is 0 Å². The van der Waals surface area contributed by atoms with Gasteiger partial charge in [-0.2, -0.15) is 0 Å². The Bertz CT molecular complexity index is 1340. The minimum Gasteiger partial charge on any atom is -0.399 e. The third-order valence-electron chi connectivity index (χ3n) is 9.19. The minimum atomic E-state index is -0.880. The molecule has 1 aliphatic heterocycles. The van der Waals surface area contributed by atoms with Crippen LogP contribution in [0.15, 0.2) is 42.7 Å². The van der Waals surface area contributed by atoms with Crippen LogP contribution in [0.4, 0.5) is 14.5 Å². The molecule has 1 amide bonds. The summed E-state index contributed by atoms with van der Waals surface area (Å²) in [5.41, 5.74) is 1.95. The quantitative estimate of drug-likeness (QED) is 0.489. The van der Waals surface area contributed by atoms with Crippen LogP contribution in [0.3, 0.4) is 0 Å². The van der Waals surface area contributed by atoms with E-state index in [0.29, 0.717) is 28.8 Å². The number of fused-ring (bicyclic) bond motifs is 2. The second kappa shape index (κ2) is 8.36. The normalized spacial score (nSPS) is 28.4. The molecule has 1 N–H and O–H groups in total. The number of imidazole rings is 1. The number of hydrogen-bond acceptors (Lipinski definition) is 4. The molecule has 37 heavy (non-hydrogen) atoms. The van der Waals surface area contributed by atoms with Gasteiger partial charge in [0.2, 0.25) is 5.91 Å². The zero-order chi connectivity index (χ0) is 26.3. The van der Waals surface area contributed by atoms with Gasteiger partial charge in [0.1, 0.15) is 0 Å². The van der Waals surface area contributed by atoms with E-state index in [1.54, 1.807) is 6.33 Å². The molecule has 3 fully saturated rings. The molecular formula is C28H32BF2N3O3. The first-order valence-electron chi connectivity index (χ1n) is 13.0. The molecule has 3 aliphatic rings. The summed E-state index contributed by atoms with van der Waals surface area (Å²) in [6, 6.07) is 10.2. The van der Waals surface area contributed by atoms with Gasteiger partial charge in [0.05, 0.1) is 28.6 Å². The van der Waals surface area contributed by atoms with Gasteiger partial charge in [0.25, 0.3) is 0 Å². The Labute approximate surface area is 215 Å². The summed E-state index contributed by atoms with van der Waals surface area (Å²) >= 11 is 0. The van der Waals surface area contributed by atoms with Gasteiger partial charge in [-0.1, -0.05) is 19.1 Å². The third-order valence-corrected chi connectivity index (χ3v) is 9.19. The van der Waals surface area contributed by atoms with Gasteiger partial charge >= 0.3 is 7.12 Å². The van der Waals surface area contributed by atoms with Gasteiger partial charge in [-0.05, 0) is 75.9 Å². The zero-order valence-corrected chi connectivity index (χ0v) is 21.8.